The van der Waals surface area contributed by atoms with Crippen LogP contribution in [0.15, 0.2) is 24.4 Å². The van der Waals surface area contributed by atoms with Crippen LogP contribution in [0, 0.1) is 0 Å². The average Bonchev–Trinajstić information content (AvgIpc) is 2.89. The van der Waals surface area contributed by atoms with Crippen LogP contribution in [-0.2, 0) is 11.2 Å². The first kappa shape index (κ1) is 15.6. The maximum Gasteiger partial charge on any atom is 0.311 e. The van der Waals surface area contributed by atoms with Crippen molar-refractivity contribution in [3.8, 4) is 5.75 Å². The predicted octanol–water partition coefficient (Wildman–Crippen LogP) is 3.37. The van der Waals surface area contributed by atoms with Crippen LogP contribution in [0.5, 0.6) is 5.75 Å². The number of aromatic nitrogens is 1. The Hall–Kier alpha value is -1.81. The van der Waals surface area contributed by atoms with Crippen molar-refractivity contribution in [1.29, 1.82) is 0 Å². The summed E-state index contributed by atoms with van der Waals surface area (Å²) in [6, 6.07) is 5.86. The van der Waals surface area contributed by atoms with Gasteiger partial charge < -0.3 is 14.6 Å². The van der Waals surface area contributed by atoms with E-state index in [4.69, 9.17) is 4.74 Å². The molecule has 21 heavy (non-hydrogen) atoms. The molecule has 1 aromatic heterocycles. The molecule has 4 nitrogen and oxygen atoms in total. The van der Waals surface area contributed by atoms with Crippen molar-refractivity contribution in [2.24, 2.45) is 0 Å². The molecule has 1 aromatic carbocycles. The Labute approximate surface area is 126 Å². The number of hydrogen-bond acceptors (Lipinski definition) is 3. The van der Waals surface area contributed by atoms with Crippen molar-refractivity contribution in [3.05, 3.63) is 30.0 Å². The maximum absolute atomic E-state index is 11.7. The van der Waals surface area contributed by atoms with Crippen LogP contribution >= 0.6 is 0 Å². The smallest absolute Gasteiger partial charge is 0.311 e. The molecule has 0 saturated carbocycles. The molecule has 0 amide bonds. The molecule has 0 fully saturated rings. The van der Waals surface area contributed by atoms with Gasteiger partial charge >= 0.3 is 5.97 Å². The van der Waals surface area contributed by atoms with Gasteiger partial charge in [0, 0.05) is 24.5 Å². The third kappa shape index (κ3) is 3.85. The number of nitrogens with one attached hydrogen (secondary N) is 1. The average molecular weight is 288 g/mol. The van der Waals surface area contributed by atoms with Crippen LogP contribution in [-0.4, -0.2) is 36.0 Å². The molecule has 0 aliphatic heterocycles. The molecule has 1 heterocycles. The van der Waals surface area contributed by atoms with Gasteiger partial charge in [0.05, 0.1) is 5.52 Å². The van der Waals surface area contributed by atoms with E-state index >= 15 is 0 Å². The molecule has 0 radical (unpaired) electrons. The van der Waals surface area contributed by atoms with Crippen molar-refractivity contribution in [3.63, 3.8) is 0 Å². The standard InChI is InChI=1S/C17H24N2O2/c1-4-7-16(20)21-15-9-6-8-14-13(12-18-17(14)15)10-11-19(3)5-2/h6,8-9,12,18H,4-5,7,10-11H2,1-3H3. The lowest BCUT2D eigenvalue weighted by Gasteiger charge is -2.12. The molecule has 0 bridgehead atoms. The summed E-state index contributed by atoms with van der Waals surface area (Å²) in [5.74, 6) is 0.452. The zero-order valence-electron chi connectivity index (χ0n) is 13.1. The van der Waals surface area contributed by atoms with Crippen LogP contribution in [0.25, 0.3) is 10.9 Å². The molecule has 0 saturated heterocycles. The van der Waals surface area contributed by atoms with Gasteiger partial charge in [0.2, 0.25) is 0 Å². The zero-order chi connectivity index (χ0) is 15.2. The lowest BCUT2D eigenvalue weighted by Crippen LogP contribution is -2.20. The fourth-order valence-corrected chi connectivity index (χ4v) is 2.32. The fraction of sp³-hybridized carbons (Fsp3) is 0.471. The minimum Gasteiger partial charge on any atom is -0.424 e. The molecule has 2 rings (SSSR count). The molecular weight excluding hydrogens is 264 g/mol. The highest BCUT2D eigenvalue weighted by Crippen LogP contribution is 2.28. The van der Waals surface area contributed by atoms with E-state index in [-0.39, 0.29) is 5.97 Å². The molecule has 1 N–H and O–H groups in total. The van der Waals surface area contributed by atoms with Crippen molar-refractivity contribution in [2.75, 3.05) is 20.1 Å². The molecule has 114 valence electrons. The number of nitrogens with zero attached hydrogens (tertiary/aromatic N) is 1. The van der Waals surface area contributed by atoms with Crippen molar-refractivity contribution in [2.45, 2.75) is 33.1 Å². The number of carbonyl (C=O) groups is 1. The van der Waals surface area contributed by atoms with E-state index in [1.807, 2.05) is 25.3 Å². The molecule has 0 atom stereocenters. The number of fused-ring (bicyclic) bond motifs is 1. The number of carbonyl (C=O) groups excluding carboxylic acids is 1. The van der Waals surface area contributed by atoms with E-state index in [1.165, 1.54) is 5.56 Å². The molecule has 0 aliphatic rings. The summed E-state index contributed by atoms with van der Waals surface area (Å²) < 4.78 is 5.45. The van der Waals surface area contributed by atoms with Crippen LogP contribution < -0.4 is 4.74 Å². The number of hydrogen-bond donors (Lipinski definition) is 1. The minimum atomic E-state index is -0.174. The van der Waals surface area contributed by atoms with E-state index in [0.717, 1.165) is 36.8 Å². The summed E-state index contributed by atoms with van der Waals surface area (Å²) in [6.07, 6.45) is 4.25. The molecule has 0 unspecified atom stereocenters. The SMILES string of the molecule is CCCC(=O)Oc1cccc2c(CCN(C)CC)c[nH]c12. The summed E-state index contributed by atoms with van der Waals surface area (Å²) in [5, 5.41) is 1.14. The largest absolute Gasteiger partial charge is 0.424 e. The summed E-state index contributed by atoms with van der Waals surface area (Å²) in [7, 11) is 2.12. The molecule has 4 heteroatoms. The van der Waals surface area contributed by atoms with Gasteiger partial charge in [-0.3, -0.25) is 4.79 Å². The highest BCUT2D eigenvalue weighted by molar-refractivity contribution is 5.90. The number of likely N-dealkylation sites (N-methyl/N-ethyl adjacent to an activating group) is 1. The Kier molecular flexibility index (Phi) is 5.39. The van der Waals surface area contributed by atoms with Crippen molar-refractivity contribution in [1.82, 2.24) is 9.88 Å². The van der Waals surface area contributed by atoms with Gasteiger partial charge in [0.1, 0.15) is 0 Å². The molecule has 0 aliphatic carbocycles. The van der Waals surface area contributed by atoms with Gasteiger partial charge in [-0.05, 0) is 38.1 Å². The first-order chi connectivity index (χ1) is 10.2. The molecular formula is C17H24N2O2. The summed E-state index contributed by atoms with van der Waals surface area (Å²) in [6.45, 7) is 6.19. The second-order valence-corrected chi connectivity index (χ2v) is 5.36. The maximum atomic E-state index is 11.7. The third-order valence-corrected chi connectivity index (χ3v) is 3.74. The number of aromatic amines is 1. The van der Waals surface area contributed by atoms with E-state index in [2.05, 4.69) is 29.9 Å². The Morgan fingerprint density at radius 2 is 2.14 bits per heavy atom. The lowest BCUT2D eigenvalue weighted by molar-refractivity contribution is -0.134. The van der Waals surface area contributed by atoms with Crippen LogP contribution in [0.3, 0.4) is 0 Å². The number of H-pyrrole nitrogens is 1. The second kappa shape index (κ2) is 7.27. The Bertz CT molecular complexity index is 604. The zero-order valence-corrected chi connectivity index (χ0v) is 13.1. The van der Waals surface area contributed by atoms with Gasteiger partial charge in [-0.25, -0.2) is 0 Å². The Balaban J connectivity index is 2.18. The summed E-state index contributed by atoms with van der Waals surface area (Å²) in [4.78, 5) is 17.2. The van der Waals surface area contributed by atoms with Gasteiger partial charge in [-0.2, -0.15) is 0 Å². The topological polar surface area (TPSA) is 45.3 Å². The number of rotatable bonds is 7. The minimum absolute atomic E-state index is 0.174. The normalized spacial score (nSPS) is 11.2. The van der Waals surface area contributed by atoms with Crippen molar-refractivity contribution >= 4 is 16.9 Å². The molecule has 0 spiro atoms. The van der Waals surface area contributed by atoms with Crippen LogP contribution in [0.4, 0.5) is 0 Å². The van der Waals surface area contributed by atoms with Gasteiger partial charge in [-0.15, -0.1) is 0 Å². The van der Waals surface area contributed by atoms with E-state index < -0.39 is 0 Å². The summed E-state index contributed by atoms with van der Waals surface area (Å²) in [5.41, 5.74) is 2.18. The van der Waals surface area contributed by atoms with Gasteiger partial charge in [0.25, 0.3) is 0 Å². The van der Waals surface area contributed by atoms with Gasteiger partial charge in [-0.1, -0.05) is 26.0 Å². The van der Waals surface area contributed by atoms with Crippen LogP contribution in [0.2, 0.25) is 0 Å². The number of ether oxygens (including phenoxy) is 1. The quantitative estimate of drug-likeness (QED) is 0.627. The van der Waals surface area contributed by atoms with Crippen LogP contribution in [0.1, 0.15) is 32.3 Å². The molecule has 2 aromatic rings. The fourth-order valence-electron chi connectivity index (χ4n) is 2.32. The third-order valence-electron chi connectivity index (χ3n) is 3.74. The highest BCUT2D eigenvalue weighted by atomic mass is 16.5. The Morgan fingerprint density at radius 3 is 2.86 bits per heavy atom. The Morgan fingerprint density at radius 1 is 1.33 bits per heavy atom. The number of esters is 1. The monoisotopic (exact) mass is 288 g/mol. The number of benzene rings is 1. The van der Waals surface area contributed by atoms with Crippen molar-refractivity contribution < 1.29 is 9.53 Å². The van der Waals surface area contributed by atoms with E-state index in [9.17, 15) is 4.79 Å². The predicted molar refractivity (Wildman–Crippen MR) is 85.7 cm³/mol. The number of para-hydroxylation sites is 1. The second-order valence-electron chi connectivity index (χ2n) is 5.36. The summed E-state index contributed by atoms with van der Waals surface area (Å²) >= 11 is 0. The lowest BCUT2D eigenvalue weighted by atomic mass is 10.1. The van der Waals surface area contributed by atoms with Gasteiger partial charge in [0.15, 0.2) is 5.75 Å². The first-order valence-corrected chi connectivity index (χ1v) is 7.63. The van der Waals surface area contributed by atoms with E-state index in [1.54, 1.807) is 0 Å². The van der Waals surface area contributed by atoms with E-state index in [0.29, 0.717) is 12.2 Å². The first-order valence-electron chi connectivity index (χ1n) is 7.63. The highest BCUT2D eigenvalue weighted by Gasteiger charge is 2.11.